The lowest BCUT2D eigenvalue weighted by Gasteiger charge is -2.26. The zero-order valence-electron chi connectivity index (χ0n) is 14.9. The minimum atomic E-state index is -1.20. The van der Waals surface area contributed by atoms with Gasteiger partial charge in [0.25, 0.3) is 5.56 Å². The molecular formula is C20H19F2N3O2. The average molecular weight is 371 g/mol. The van der Waals surface area contributed by atoms with E-state index >= 15 is 0 Å². The molecule has 0 unspecified atom stereocenters. The highest BCUT2D eigenvalue weighted by molar-refractivity contribution is 5.86. The number of benzene rings is 2. The van der Waals surface area contributed by atoms with Crippen LogP contribution < -0.4 is 10.9 Å². The molecule has 1 heterocycles. The molecule has 140 valence electrons. The Labute approximate surface area is 154 Å². The van der Waals surface area contributed by atoms with Crippen molar-refractivity contribution in [2.45, 2.75) is 19.5 Å². The van der Waals surface area contributed by atoms with E-state index < -0.39 is 23.2 Å². The van der Waals surface area contributed by atoms with Gasteiger partial charge in [-0.05, 0) is 29.5 Å². The Morgan fingerprint density at radius 2 is 1.89 bits per heavy atom. The van der Waals surface area contributed by atoms with Crippen LogP contribution in [0.1, 0.15) is 24.1 Å². The molecule has 1 aromatic heterocycles. The van der Waals surface area contributed by atoms with Gasteiger partial charge in [-0.3, -0.25) is 4.79 Å². The molecule has 0 aliphatic heterocycles. The maximum Gasteiger partial charge on any atom is 0.317 e. The molecule has 7 heteroatoms. The highest BCUT2D eigenvalue weighted by atomic mass is 19.2. The smallest absolute Gasteiger partial charge is 0.317 e. The maximum atomic E-state index is 14.1. The predicted molar refractivity (Wildman–Crippen MR) is 99.3 cm³/mol. The first kappa shape index (κ1) is 18.6. The van der Waals surface area contributed by atoms with Gasteiger partial charge < -0.3 is 15.2 Å². The minimum absolute atomic E-state index is 0.271. The van der Waals surface area contributed by atoms with E-state index in [1.54, 1.807) is 14.0 Å². The second-order valence-electron chi connectivity index (χ2n) is 6.29. The second kappa shape index (κ2) is 7.57. The van der Waals surface area contributed by atoms with E-state index in [1.807, 2.05) is 30.3 Å². The molecule has 0 aliphatic carbocycles. The summed E-state index contributed by atoms with van der Waals surface area (Å²) in [4.78, 5) is 28.3. The standard InChI is InChI=1S/C20H19F2N3O2/c1-12(25(2)20(27)24-10-13-6-4-3-5-7-13)15-11-23-19(26)17-14(15)8-9-16(21)18(17)22/h3-9,11-12H,10H2,1-2H3,(H,23,26)(H,24,27)/t12-/m1/s1. The number of carbonyl (C=O) groups excluding carboxylic acids is 1. The van der Waals surface area contributed by atoms with Crippen LogP contribution in [0.4, 0.5) is 13.6 Å². The van der Waals surface area contributed by atoms with Crippen molar-refractivity contribution in [2.75, 3.05) is 7.05 Å². The number of aromatic nitrogens is 1. The normalized spacial score (nSPS) is 12.0. The number of nitrogens with zero attached hydrogens (tertiary/aromatic N) is 1. The number of hydrogen-bond acceptors (Lipinski definition) is 2. The van der Waals surface area contributed by atoms with Gasteiger partial charge in [0.1, 0.15) is 0 Å². The molecule has 0 saturated carbocycles. The molecule has 0 radical (unpaired) electrons. The fourth-order valence-electron chi connectivity index (χ4n) is 2.93. The topological polar surface area (TPSA) is 65.2 Å². The molecule has 2 aromatic carbocycles. The third-order valence-corrected chi connectivity index (χ3v) is 4.63. The van der Waals surface area contributed by atoms with Crippen molar-refractivity contribution in [1.82, 2.24) is 15.2 Å². The molecule has 0 bridgehead atoms. The van der Waals surface area contributed by atoms with Crippen LogP contribution >= 0.6 is 0 Å². The number of fused-ring (bicyclic) bond motifs is 1. The summed E-state index contributed by atoms with van der Waals surface area (Å²) in [7, 11) is 1.60. The second-order valence-corrected chi connectivity index (χ2v) is 6.29. The first-order valence-electron chi connectivity index (χ1n) is 8.44. The molecule has 3 rings (SSSR count). The van der Waals surface area contributed by atoms with Crippen LogP contribution in [0.3, 0.4) is 0 Å². The Morgan fingerprint density at radius 3 is 2.59 bits per heavy atom. The summed E-state index contributed by atoms with van der Waals surface area (Å²) >= 11 is 0. The van der Waals surface area contributed by atoms with Gasteiger partial charge in [-0.1, -0.05) is 36.4 Å². The molecule has 3 aromatic rings. The molecular weight excluding hydrogens is 352 g/mol. The van der Waals surface area contributed by atoms with E-state index in [2.05, 4.69) is 10.3 Å². The van der Waals surface area contributed by atoms with Gasteiger partial charge in [0.15, 0.2) is 11.6 Å². The molecule has 1 atom stereocenters. The molecule has 27 heavy (non-hydrogen) atoms. The highest BCUT2D eigenvalue weighted by Gasteiger charge is 2.22. The van der Waals surface area contributed by atoms with Gasteiger partial charge in [0.05, 0.1) is 11.4 Å². The van der Waals surface area contributed by atoms with Crippen LogP contribution in [-0.2, 0) is 6.54 Å². The van der Waals surface area contributed by atoms with E-state index in [1.165, 1.54) is 17.2 Å². The summed E-state index contributed by atoms with van der Waals surface area (Å²) in [5, 5.41) is 2.73. The fourth-order valence-corrected chi connectivity index (χ4v) is 2.93. The third kappa shape index (κ3) is 3.67. The van der Waals surface area contributed by atoms with Crippen molar-refractivity contribution in [2.24, 2.45) is 0 Å². The summed E-state index contributed by atoms with van der Waals surface area (Å²) in [6, 6.07) is 11.0. The SMILES string of the molecule is C[C@H](c1c[nH]c(=O)c2c(F)c(F)ccc12)N(C)C(=O)NCc1ccccc1. The Bertz CT molecular complexity index is 1030. The van der Waals surface area contributed by atoms with E-state index in [4.69, 9.17) is 0 Å². The zero-order valence-corrected chi connectivity index (χ0v) is 14.9. The number of amides is 2. The lowest BCUT2D eigenvalue weighted by Crippen LogP contribution is -2.38. The molecule has 2 amide bonds. The summed E-state index contributed by atoms with van der Waals surface area (Å²) < 4.78 is 27.6. The Balaban J connectivity index is 1.85. The lowest BCUT2D eigenvalue weighted by molar-refractivity contribution is 0.194. The number of hydrogen-bond donors (Lipinski definition) is 2. The van der Waals surface area contributed by atoms with Gasteiger partial charge in [-0.2, -0.15) is 0 Å². The lowest BCUT2D eigenvalue weighted by atomic mass is 10.0. The van der Waals surface area contributed by atoms with E-state index in [0.717, 1.165) is 11.6 Å². The van der Waals surface area contributed by atoms with Crippen molar-refractivity contribution in [3.8, 4) is 0 Å². The van der Waals surface area contributed by atoms with Crippen molar-refractivity contribution < 1.29 is 13.6 Å². The number of pyridine rings is 1. The number of H-pyrrole nitrogens is 1. The van der Waals surface area contributed by atoms with Crippen LogP contribution in [0.15, 0.2) is 53.5 Å². The molecule has 0 spiro atoms. The number of halogens is 2. The van der Waals surface area contributed by atoms with Crippen molar-refractivity contribution in [3.05, 3.63) is 81.8 Å². The van der Waals surface area contributed by atoms with Crippen LogP contribution in [0.2, 0.25) is 0 Å². The Morgan fingerprint density at radius 1 is 1.19 bits per heavy atom. The van der Waals surface area contributed by atoms with Gasteiger partial charge in [0, 0.05) is 19.8 Å². The summed E-state index contributed by atoms with van der Waals surface area (Å²) in [5.74, 6) is -2.29. The van der Waals surface area contributed by atoms with Gasteiger partial charge in [-0.25, -0.2) is 13.6 Å². The number of urea groups is 1. The van der Waals surface area contributed by atoms with E-state index in [-0.39, 0.29) is 16.8 Å². The average Bonchev–Trinajstić information content (AvgIpc) is 2.68. The van der Waals surface area contributed by atoms with Gasteiger partial charge in [-0.15, -0.1) is 0 Å². The van der Waals surface area contributed by atoms with Gasteiger partial charge >= 0.3 is 6.03 Å². The fraction of sp³-hybridized carbons (Fsp3) is 0.200. The summed E-state index contributed by atoms with van der Waals surface area (Å²) in [6.07, 6.45) is 1.42. The predicted octanol–water partition coefficient (Wildman–Crippen LogP) is 3.71. The zero-order chi connectivity index (χ0) is 19.6. The van der Waals surface area contributed by atoms with Crippen LogP contribution in [0.5, 0.6) is 0 Å². The number of rotatable bonds is 4. The number of nitrogens with one attached hydrogen (secondary N) is 2. The Hall–Kier alpha value is -3.22. The largest absolute Gasteiger partial charge is 0.334 e. The molecule has 0 fully saturated rings. The third-order valence-electron chi connectivity index (χ3n) is 4.63. The van der Waals surface area contributed by atoms with E-state index in [0.29, 0.717) is 12.1 Å². The van der Waals surface area contributed by atoms with Crippen LogP contribution in [0.25, 0.3) is 10.8 Å². The van der Waals surface area contributed by atoms with Crippen LogP contribution in [-0.4, -0.2) is 23.0 Å². The maximum absolute atomic E-state index is 14.1. The minimum Gasteiger partial charge on any atom is -0.334 e. The molecule has 0 aliphatic rings. The van der Waals surface area contributed by atoms with Crippen LogP contribution in [0, 0.1) is 11.6 Å². The van der Waals surface area contributed by atoms with E-state index in [9.17, 15) is 18.4 Å². The monoisotopic (exact) mass is 371 g/mol. The molecule has 2 N–H and O–H groups in total. The van der Waals surface area contributed by atoms with Crippen molar-refractivity contribution in [1.29, 1.82) is 0 Å². The summed E-state index contributed by atoms with van der Waals surface area (Å²) in [5.41, 5.74) is 0.758. The molecule has 0 saturated heterocycles. The van der Waals surface area contributed by atoms with Crippen molar-refractivity contribution in [3.63, 3.8) is 0 Å². The van der Waals surface area contributed by atoms with Crippen molar-refractivity contribution >= 4 is 16.8 Å². The highest BCUT2D eigenvalue weighted by Crippen LogP contribution is 2.27. The number of carbonyl (C=O) groups is 1. The first-order valence-corrected chi connectivity index (χ1v) is 8.44. The Kier molecular flexibility index (Phi) is 5.21. The number of aromatic amines is 1. The summed E-state index contributed by atoms with van der Waals surface area (Å²) in [6.45, 7) is 2.11. The first-order chi connectivity index (χ1) is 12.9. The molecule has 5 nitrogen and oxygen atoms in total. The quantitative estimate of drug-likeness (QED) is 0.734. The van der Waals surface area contributed by atoms with Gasteiger partial charge in [0.2, 0.25) is 0 Å².